The first-order valence-corrected chi connectivity index (χ1v) is 16.5. The third-order valence-corrected chi connectivity index (χ3v) is 9.11. The molecular weight excluding hydrogens is 661 g/mol. The fourth-order valence-corrected chi connectivity index (χ4v) is 6.26. The number of alkyl halides is 3. The SMILES string of the molecule is COc1ncnc(C2CC2)c1-c1ncnc(N(Cc2ccc(-c3nc(C(F)(F)F)cn3C(C)C)cc2)C(C)(C)c2n[nH]c(=O)c3ccccc23)n1. The highest BCUT2D eigenvalue weighted by molar-refractivity contribution is 5.84. The number of fused-ring (bicyclic) bond motifs is 1. The van der Waals surface area contributed by atoms with E-state index in [-0.39, 0.29) is 29.9 Å². The van der Waals surface area contributed by atoms with E-state index in [0.29, 0.717) is 45.2 Å². The van der Waals surface area contributed by atoms with Crippen molar-refractivity contribution in [1.82, 2.24) is 44.7 Å². The normalized spacial score (nSPS) is 13.6. The molecule has 4 heterocycles. The number of hydrogen-bond acceptors (Lipinski definition) is 10. The lowest BCUT2D eigenvalue weighted by Gasteiger charge is -2.38. The Balaban J connectivity index is 1.34. The molecule has 1 saturated carbocycles. The van der Waals surface area contributed by atoms with Crippen LogP contribution in [0, 0.1) is 0 Å². The van der Waals surface area contributed by atoms with Crippen LogP contribution < -0.4 is 15.2 Å². The monoisotopic (exact) mass is 696 g/mol. The molecule has 4 aromatic heterocycles. The van der Waals surface area contributed by atoms with Crippen molar-refractivity contribution in [2.75, 3.05) is 12.0 Å². The Morgan fingerprint density at radius 3 is 2.33 bits per heavy atom. The molecule has 262 valence electrons. The van der Waals surface area contributed by atoms with E-state index in [1.807, 2.05) is 56.9 Å². The van der Waals surface area contributed by atoms with Crippen LogP contribution in [0.25, 0.3) is 33.5 Å². The Morgan fingerprint density at radius 1 is 0.961 bits per heavy atom. The van der Waals surface area contributed by atoms with E-state index in [2.05, 4.69) is 35.1 Å². The molecule has 1 N–H and O–H groups in total. The number of halogens is 3. The van der Waals surface area contributed by atoms with Crippen LogP contribution >= 0.6 is 0 Å². The summed E-state index contributed by atoms with van der Waals surface area (Å²) in [6.45, 7) is 7.77. The molecule has 15 heteroatoms. The number of imidazole rings is 1. The summed E-state index contributed by atoms with van der Waals surface area (Å²) in [5, 5.41) is 8.32. The summed E-state index contributed by atoms with van der Waals surface area (Å²) in [7, 11) is 1.54. The Labute approximate surface area is 290 Å². The fraction of sp³-hybridized carbons (Fsp3) is 0.333. The predicted molar refractivity (Wildman–Crippen MR) is 184 cm³/mol. The lowest BCUT2D eigenvalue weighted by atomic mass is 9.93. The minimum Gasteiger partial charge on any atom is -0.480 e. The van der Waals surface area contributed by atoms with Crippen molar-refractivity contribution in [2.24, 2.45) is 0 Å². The molecule has 0 atom stereocenters. The van der Waals surface area contributed by atoms with Gasteiger partial charge in [0.05, 0.1) is 29.4 Å². The molecule has 0 saturated heterocycles. The van der Waals surface area contributed by atoms with Crippen molar-refractivity contribution < 1.29 is 17.9 Å². The maximum absolute atomic E-state index is 13.6. The van der Waals surface area contributed by atoms with Gasteiger partial charge in [-0.15, -0.1) is 0 Å². The zero-order valence-corrected chi connectivity index (χ0v) is 28.6. The smallest absolute Gasteiger partial charge is 0.434 e. The van der Waals surface area contributed by atoms with Crippen LogP contribution in [0.4, 0.5) is 19.1 Å². The van der Waals surface area contributed by atoms with Crippen LogP contribution in [0.15, 0.2) is 72.2 Å². The second-order valence-corrected chi connectivity index (χ2v) is 13.3. The molecule has 7 rings (SSSR count). The molecule has 0 unspecified atom stereocenters. The molecule has 2 aromatic carbocycles. The molecule has 1 aliphatic rings. The molecule has 12 nitrogen and oxygen atoms in total. The molecule has 1 aliphatic carbocycles. The predicted octanol–water partition coefficient (Wildman–Crippen LogP) is 6.86. The minimum absolute atomic E-state index is 0.220. The van der Waals surface area contributed by atoms with Gasteiger partial charge < -0.3 is 14.2 Å². The van der Waals surface area contributed by atoms with Gasteiger partial charge in [0.25, 0.3) is 5.56 Å². The number of H-pyrrole nitrogens is 1. The number of ether oxygens (including phenoxy) is 1. The summed E-state index contributed by atoms with van der Waals surface area (Å²) >= 11 is 0. The number of aromatic amines is 1. The largest absolute Gasteiger partial charge is 0.480 e. The maximum Gasteiger partial charge on any atom is 0.434 e. The van der Waals surface area contributed by atoms with Crippen LogP contribution in [0.2, 0.25) is 0 Å². The van der Waals surface area contributed by atoms with Gasteiger partial charge in [0.2, 0.25) is 11.8 Å². The Hall–Kier alpha value is -5.73. The quantitative estimate of drug-likeness (QED) is 0.162. The van der Waals surface area contributed by atoms with Crippen LogP contribution in [-0.4, -0.2) is 51.8 Å². The number of rotatable bonds is 10. The number of aromatic nitrogens is 9. The molecule has 0 aliphatic heterocycles. The highest BCUT2D eigenvalue weighted by Crippen LogP contribution is 2.45. The van der Waals surface area contributed by atoms with Crippen LogP contribution in [-0.2, 0) is 18.3 Å². The number of benzene rings is 2. The topological polar surface area (TPSA) is 140 Å². The molecule has 6 aromatic rings. The highest BCUT2D eigenvalue weighted by Gasteiger charge is 2.37. The van der Waals surface area contributed by atoms with Crippen LogP contribution in [0.3, 0.4) is 0 Å². The first-order chi connectivity index (χ1) is 24.4. The summed E-state index contributed by atoms with van der Waals surface area (Å²) in [5.41, 5.74) is 1.13. The Bertz CT molecular complexity index is 2280. The summed E-state index contributed by atoms with van der Waals surface area (Å²) in [5.74, 6) is 1.47. The minimum atomic E-state index is -4.57. The molecule has 1 fully saturated rings. The third kappa shape index (κ3) is 6.39. The lowest BCUT2D eigenvalue weighted by molar-refractivity contribution is -0.140. The fourth-order valence-electron chi connectivity index (χ4n) is 6.26. The first kappa shape index (κ1) is 33.8. The lowest BCUT2D eigenvalue weighted by Crippen LogP contribution is -2.43. The first-order valence-electron chi connectivity index (χ1n) is 16.5. The average Bonchev–Trinajstić information content (AvgIpc) is 3.86. The van der Waals surface area contributed by atoms with Crippen LogP contribution in [0.5, 0.6) is 5.88 Å². The van der Waals surface area contributed by atoms with Crippen molar-refractivity contribution >= 4 is 16.7 Å². The third-order valence-electron chi connectivity index (χ3n) is 9.11. The van der Waals surface area contributed by atoms with Crippen LogP contribution in [0.1, 0.15) is 75.1 Å². The van der Waals surface area contributed by atoms with E-state index in [1.165, 1.54) is 24.3 Å². The molecule has 51 heavy (non-hydrogen) atoms. The van der Waals surface area contributed by atoms with Crippen molar-refractivity contribution in [1.29, 1.82) is 0 Å². The number of hydrogen-bond donors (Lipinski definition) is 1. The highest BCUT2D eigenvalue weighted by atomic mass is 19.4. The van der Waals surface area contributed by atoms with Gasteiger partial charge in [0.1, 0.15) is 24.0 Å². The summed E-state index contributed by atoms with van der Waals surface area (Å²) < 4.78 is 48.0. The summed E-state index contributed by atoms with van der Waals surface area (Å²) in [6.07, 6.45) is 1.34. The van der Waals surface area contributed by atoms with Gasteiger partial charge >= 0.3 is 6.18 Å². The van der Waals surface area contributed by atoms with E-state index in [4.69, 9.17) is 9.72 Å². The molecular formula is C36H35F3N10O2. The van der Waals surface area contributed by atoms with E-state index in [1.54, 1.807) is 24.3 Å². The Kier molecular flexibility index (Phi) is 8.51. The number of anilines is 1. The van der Waals surface area contributed by atoms with E-state index in [9.17, 15) is 18.0 Å². The average molecular weight is 697 g/mol. The number of methoxy groups -OCH3 is 1. The van der Waals surface area contributed by atoms with E-state index in [0.717, 1.165) is 30.3 Å². The van der Waals surface area contributed by atoms with Gasteiger partial charge in [-0.05, 0) is 52.2 Å². The summed E-state index contributed by atoms with van der Waals surface area (Å²) in [6, 6.07) is 14.2. The van der Waals surface area contributed by atoms with Gasteiger partial charge in [0.15, 0.2) is 11.5 Å². The standard InChI is InChI=1S/C36H35F3N10O2/c1-20(2)48-17-26(36(37,38)39)44-31(48)23-12-10-21(11-13-23)16-49(35(3,4)29-24-8-6-7-9-25(24)32(50)47-46-29)34-43-19-41-30(45-34)27-28(22-14-15-22)40-18-42-33(27)51-5/h6-13,17-20,22H,14-16H2,1-5H3,(H,47,50). The number of nitrogens with zero attached hydrogens (tertiary/aromatic N) is 9. The second kappa shape index (κ2) is 12.9. The van der Waals surface area contributed by atoms with E-state index >= 15 is 0 Å². The molecule has 0 bridgehead atoms. The molecule has 0 spiro atoms. The van der Waals surface area contributed by atoms with Gasteiger partial charge in [-0.2, -0.15) is 23.3 Å². The van der Waals surface area contributed by atoms with E-state index < -0.39 is 17.4 Å². The van der Waals surface area contributed by atoms with Crippen molar-refractivity contribution in [3.05, 3.63) is 100 Å². The van der Waals surface area contributed by atoms with Crippen molar-refractivity contribution in [3.63, 3.8) is 0 Å². The second-order valence-electron chi connectivity index (χ2n) is 13.3. The zero-order valence-electron chi connectivity index (χ0n) is 28.6. The van der Waals surface area contributed by atoms with Gasteiger partial charge in [0, 0.05) is 35.7 Å². The maximum atomic E-state index is 13.6. The van der Waals surface area contributed by atoms with Crippen molar-refractivity contribution in [2.45, 2.75) is 70.8 Å². The zero-order chi connectivity index (χ0) is 36.1. The Morgan fingerprint density at radius 2 is 1.67 bits per heavy atom. The van der Waals surface area contributed by atoms with Gasteiger partial charge in [-0.3, -0.25) is 4.79 Å². The molecule has 0 radical (unpaired) electrons. The molecule has 0 amide bonds. The van der Waals surface area contributed by atoms with Crippen molar-refractivity contribution in [3.8, 4) is 28.7 Å². The number of nitrogens with one attached hydrogen (secondary N) is 1. The summed E-state index contributed by atoms with van der Waals surface area (Å²) in [4.78, 5) is 41.6. The van der Waals surface area contributed by atoms with Gasteiger partial charge in [-0.1, -0.05) is 42.5 Å². The van der Waals surface area contributed by atoms with Gasteiger partial charge in [-0.25, -0.2) is 30.0 Å².